The molecule has 0 unspecified atom stereocenters. The molecule has 0 saturated carbocycles. The quantitative estimate of drug-likeness (QED) is 0.0277. The Bertz CT molecular complexity index is 3900. The predicted octanol–water partition coefficient (Wildman–Crippen LogP) is -23.1. The minimum absolute atomic E-state index is 0.831. The Kier molecular flexibility index (Phi) is 41.1. The highest BCUT2D eigenvalue weighted by Gasteiger charge is 2.64. The van der Waals surface area contributed by atoms with Crippen molar-refractivity contribution < 1.29 is 271 Å². The van der Waals surface area contributed by atoms with Gasteiger partial charge in [-0.15, -0.1) is 0 Å². The summed E-state index contributed by atoms with van der Waals surface area (Å²) in [5.41, 5.74) is 0. The molecule has 802 valence electrons. The molecule has 6 amide bonds. The molecule has 11 aliphatic heterocycles. The minimum atomic E-state index is -2.76. The van der Waals surface area contributed by atoms with Crippen molar-refractivity contribution in [2.24, 2.45) is 0 Å². The van der Waals surface area contributed by atoms with Crippen LogP contribution in [-0.2, 0) is 128 Å². The Morgan fingerprint density at radius 2 is 0.468 bits per heavy atom. The van der Waals surface area contributed by atoms with Gasteiger partial charge < -0.3 is 274 Å². The van der Waals surface area contributed by atoms with E-state index < -0.39 is 439 Å². The van der Waals surface area contributed by atoms with E-state index in [1.54, 1.807) is 0 Å². The summed E-state index contributed by atoms with van der Waals surface area (Å²) in [5, 5.41) is 333. The van der Waals surface area contributed by atoms with Crippen molar-refractivity contribution in [2.75, 3.05) is 66.1 Å². The number of rotatable bonds is 36. The van der Waals surface area contributed by atoms with Crippen LogP contribution in [0.25, 0.3) is 0 Å². The molecule has 11 saturated heterocycles. The molecule has 0 spiro atoms. The Balaban J connectivity index is 1.01. The number of amides is 6. The summed E-state index contributed by atoms with van der Waals surface area (Å²) in [4.78, 5) is 77.8. The highest BCUT2D eigenvalue weighted by molar-refractivity contribution is 5.75. The molecule has 55 atom stereocenters. The number of ether oxygens (including phenoxy) is 21. The number of hydrogen-bond acceptors (Lipinski definition) is 55. The van der Waals surface area contributed by atoms with Gasteiger partial charge in [0.2, 0.25) is 35.4 Å². The maximum Gasteiger partial charge on any atom is 0.217 e. The third-order valence-corrected chi connectivity index (χ3v) is 25.3. The SMILES string of the molecule is CC(=O)N[C@@H]1[C@@H](O)[C@H](O[C@@H]2O[C@H](CO)[C@@H](O[C@@H]3O[C@H](CO[C@H]4O[C@H](CO[C@@H]5O[C@H](CO)[C@@H](O)[C@H](O)[C@H]5NC(C)=O)[C@@H](O)[C@H](O)[C@@H]4O[C@@H]4O[C@H](CO)[C@@H](O)[C@H](O)[C@H]4NC(C)=O)[C@@H](O)[C@H](O[C@H]4O[C@H](CO)[C@@H](O[C@@H]5O[C@H](CO)[C@@H](O[C@@H]6O[C@H](CO)[C@H](O)[C@H](O)[C@H]6O)[C@H](O[C@H]6O[C@H](C)[C@H](O)[C@H](O)[C@H]6O)[C@H]5NC(C)=O)[C@H](O)[C@@H]4O[C@@H]4O[C@H](CO)[C@@H](O)[C@H](O)[C@H]4NC(C)=O)[C@@H]3O)[C@H](O)[C@H]2NC(C)=O)[C@@H](CO)O[C@H]1O. The van der Waals surface area contributed by atoms with Gasteiger partial charge in [0, 0.05) is 41.5 Å². The molecule has 0 aromatic rings. The van der Waals surface area contributed by atoms with E-state index in [0.717, 1.165) is 41.5 Å². The Labute approximate surface area is 788 Å². The highest BCUT2D eigenvalue weighted by Crippen LogP contribution is 2.43. The van der Waals surface area contributed by atoms with Crippen LogP contribution in [0.5, 0.6) is 0 Å². The second kappa shape index (κ2) is 50.0. The van der Waals surface area contributed by atoms with Crippen LogP contribution in [0.3, 0.4) is 0 Å². The minimum Gasteiger partial charge on any atom is -0.394 e. The zero-order valence-corrected chi connectivity index (χ0v) is 75.4. The van der Waals surface area contributed by atoms with Crippen LogP contribution in [0.4, 0.5) is 0 Å². The number of carbonyl (C=O) groups is 6. The predicted molar refractivity (Wildman–Crippen MR) is 430 cm³/mol. The topological polar surface area (TPSA) is 935 Å². The number of aliphatic hydroxyl groups is 28. The van der Waals surface area contributed by atoms with Crippen molar-refractivity contribution in [1.29, 1.82) is 0 Å². The number of nitrogens with one attached hydrogen (secondary N) is 6. The van der Waals surface area contributed by atoms with Crippen LogP contribution in [0, 0.1) is 0 Å². The third kappa shape index (κ3) is 25.8. The second-order valence-corrected chi connectivity index (χ2v) is 35.3. The molecule has 0 radical (unpaired) electrons. The second-order valence-electron chi connectivity index (χ2n) is 35.3. The summed E-state index contributed by atoms with van der Waals surface area (Å²) in [7, 11) is 0. The summed E-state index contributed by atoms with van der Waals surface area (Å²) in [5.74, 6) is -5.68. The summed E-state index contributed by atoms with van der Waals surface area (Å²) in [6.45, 7) is -4.93. The molecule has 11 heterocycles. The van der Waals surface area contributed by atoms with Gasteiger partial charge in [-0.05, 0) is 6.92 Å². The maximum atomic E-state index is 13.7. The van der Waals surface area contributed by atoms with Gasteiger partial charge in [0.25, 0.3) is 0 Å². The third-order valence-electron chi connectivity index (χ3n) is 25.3. The molecular formula is C78H130N6O55. The largest absolute Gasteiger partial charge is 0.394 e. The van der Waals surface area contributed by atoms with Crippen LogP contribution in [0.1, 0.15) is 48.5 Å². The van der Waals surface area contributed by atoms with Gasteiger partial charge in [0.1, 0.15) is 262 Å². The van der Waals surface area contributed by atoms with Crippen LogP contribution < -0.4 is 31.9 Å². The van der Waals surface area contributed by atoms with Gasteiger partial charge in [-0.3, -0.25) is 28.8 Å². The first kappa shape index (κ1) is 114. The van der Waals surface area contributed by atoms with Crippen molar-refractivity contribution in [3.8, 4) is 0 Å². The molecule has 139 heavy (non-hydrogen) atoms. The molecule has 11 aliphatic rings. The normalized spacial score (nSPS) is 48.3. The lowest BCUT2D eigenvalue weighted by Gasteiger charge is -2.52. The molecule has 34 N–H and O–H groups in total. The molecule has 0 bridgehead atoms. The Hall–Kier alpha value is -5.14. The number of aliphatic hydroxyl groups excluding tert-OH is 28. The average molecular weight is 2030 g/mol. The van der Waals surface area contributed by atoms with Gasteiger partial charge in [-0.1, -0.05) is 0 Å². The number of carbonyl (C=O) groups excluding carboxylic acids is 6. The van der Waals surface area contributed by atoms with Gasteiger partial charge >= 0.3 is 0 Å². The highest BCUT2D eigenvalue weighted by atomic mass is 16.8. The molecule has 0 aromatic carbocycles. The first-order valence-electron chi connectivity index (χ1n) is 44.5. The van der Waals surface area contributed by atoms with Gasteiger partial charge in [0.05, 0.1) is 72.2 Å². The number of hydrogen-bond donors (Lipinski definition) is 34. The van der Waals surface area contributed by atoms with Gasteiger partial charge in [-0.25, -0.2) is 0 Å². The van der Waals surface area contributed by atoms with Gasteiger partial charge in [-0.2, -0.15) is 0 Å². The molecule has 11 rings (SSSR count). The van der Waals surface area contributed by atoms with Gasteiger partial charge in [0.15, 0.2) is 69.2 Å². The van der Waals surface area contributed by atoms with Crippen molar-refractivity contribution in [2.45, 2.75) is 386 Å². The molecule has 0 aliphatic carbocycles. The molecular weight excluding hydrogens is 1900 g/mol. The van der Waals surface area contributed by atoms with E-state index in [1.165, 1.54) is 6.92 Å². The fourth-order valence-electron chi connectivity index (χ4n) is 18.1. The maximum absolute atomic E-state index is 13.7. The van der Waals surface area contributed by atoms with E-state index in [-0.39, 0.29) is 0 Å². The molecule has 0 aromatic heterocycles. The van der Waals surface area contributed by atoms with Crippen molar-refractivity contribution >= 4 is 35.4 Å². The van der Waals surface area contributed by atoms with E-state index in [4.69, 9.17) is 99.5 Å². The summed E-state index contributed by atoms with van der Waals surface area (Å²) in [6, 6.07) is -11.5. The van der Waals surface area contributed by atoms with E-state index >= 15 is 0 Å². The lowest BCUT2D eigenvalue weighted by atomic mass is 9.93. The van der Waals surface area contributed by atoms with Crippen molar-refractivity contribution in [3.05, 3.63) is 0 Å². The summed E-state index contributed by atoms with van der Waals surface area (Å²) >= 11 is 0. The Morgan fingerprint density at radius 1 is 0.201 bits per heavy atom. The molecule has 61 heteroatoms. The first-order chi connectivity index (χ1) is 65.7. The zero-order chi connectivity index (χ0) is 102. The van der Waals surface area contributed by atoms with Crippen LogP contribution in [0.2, 0.25) is 0 Å². The standard InChI is InChI=1S/C78H130N6O55/c1-18-41(99)53(111)56(114)74(121-18)136-64-40(84-24(7)98)73(128-32(15-92)63(64)135-75-57(115)54(112)45(103)28(11-88)126-75)133-62-31(14-91)129-78(67(58(62)116)139-71-38(82-22(5)96)50(108)44(102)27(10-87)125-71)137-65-47(105)34(130-76(59(65)117)134-61-30(13-90)127-72(39(52(61)110)83-23(6)97)132-60-29(12-89)122-68(118)35(51(60)109)79-19(2)93)17-120-77-66(138-70-37(81-21(4)95)49(107)43(101)26(9-86)124-70)55(113)46(104)33(131-77)16-119-69-36(80-20(3)94)48(106)42(100)25(8-85)123-69/h18,25-78,85-92,99-118H,8-17H2,1-7H3,(H,79,93)(H,80,94)(H,81,95)(H,82,96)(H,83,97)(H,84,98)/t18-,25-,26-,27-,28-,29-,30-,31-,32-,33-,34-,35-,36-,37-,38-,39-,40-,41+,42-,43-,44-,45+,46-,47-,48-,49-,50-,51-,52-,53+,54+,55+,56-,57-,58+,59+,60-,61-,62-,63-,64-,65+,66+,67+,68-,69-,70+,71+,72+,73+,74-,75+,76+,77+,78-/m1/s1. The summed E-state index contributed by atoms with van der Waals surface area (Å²) < 4.78 is 128. The lowest BCUT2D eigenvalue weighted by Crippen LogP contribution is -2.72. The van der Waals surface area contributed by atoms with E-state index in [9.17, 15) is 172 Å². The Morgan fingerprint density at radius 3 is 0.921 bits per heavy atom. The van der Waals surface area contributed by atoms with E-state index in [1.807, 2.05) is 0 Å². The zero-order valence-electron chi connectivity index (χ0n) is 75.4. The van der Waals surface area contributed by atoms with Crippen molar-refractivity contribution in [3.63, 3.8) is 0 Å². The molecule has 11 fully saturated rings. The fourth-order valence-corrected chi connectivity index (χ4v) is 18.1. The smallest absolute Gasteiger partial charge is 0.217 e. The van der Waals surface area contributed by atoms with Crippen LogP contribution in [0.15, 0.2) is 0 Å². The first-order valence-corrected chi connectivity index (χ1v) is 44.5. The van der Waals surface area contributed by atoms with E-state index in [2.05, 4.69) is 31.9 Å². The van der Waals surface area contributed by atoms with Crippen LogP contribution in [-0.4, -0.2) is 582 Å². The van der Waals surface area contributed by atoms with Crippen molar-refractivity contribution in [1.82, 2.24) is 31.9 Å². The average Bonchev–Trinajstić information content (AvgIpc) is 0.754. The van der Waals surface area contributed by atoms with E-state index in [0.29, 0.717) is 0 Å². The summed E-state index contributed by atoms with van der Waals surface area (Å²) in [6.07, 6.45) is -106. The lowest BCUT2D eigenvalue weighted by molar-refractivity contribution is -0.407. The van der Waals surface area contributed by atoms with Crippen LogP contribution >= 0.6 is 0 Å². The molecule has 61 nitrogen and oxygen atoms in total. The monoisotopic (exact) mass is 2030 g/mol. The fraction of sp³-hybridized carbons (Fsp3) is 0.923.